The average Bonchev–Trinajstić information content (AvgIpc) is 3.31. The van der Waals surface area contributed by atoms with Crippen LogP contribution in [0.4, 0.5) is 4.79 Å². The number of amides is 4. The van der Waals surface area contributed by atoms with Crippen molar-refractivity contribution >= 4 is 40.0 Å². The second-order valence-electron chi connectivity index (χ2n) is 7.03. The van der Waals surface area contributed by atoms with E-state index in [9.17, 15) is 14.4 Å². The minimum atomic E-state index is -1.21. The lowest BCUT2D eigenvalue weighted by Crippen LogP contribution is -2.43. The van der Waals surface area contributed by atoms with Crippen molar-refractivity contribution in [1.29, 1.82) is 0 Å². The Kier molecular flexibility index (Phi) is 5.02. The van der Waals surface area contributed by atoms with Crippen molar-refractivity contribution < 1.29 is 14.4 Å². The zero-order valence-corrected chi connectivity index (χ0v) is 16.7. The molecule has 1 saturated heterocycles. The van der Waals surface area contributed by atoms with Gasteiger partial charge in [-0.2, -0.15) is 0 Å². The van der Waals surface area contributed by atoms with Gasteiger partial charge in [0.15, 0.2) is 0 Å². The first-order valence-electron chi connectivity index (χ1n) is 9.26. The number of nitrogens with one attached hydrogen (secondary N) is 2. The number of hydrogen-bond donors (Lipinski definition) is 2. The van der Waals surface area contributed by atoms with Crippen molar-refractivity contribution in [2.45, 2.75) is 18.9 Å². The van der Waals surface area contributed by atoms with E-state index in [2.05, 4.69) is 15.6 Å². The highest BCUT2D eigenvalue weighted by molar-refractivity contribution is 7.09. The molecule has 0 saturated carbocycles. The summed E-state index contributed by atoms with van der Waals surface area (Å²) in [6.45, 7) is 1.75. The summed E-state index contributed by atoms with van der Waals surface area (Å²) in [5.74, 6) is -0.819. The molecule has 4 rings (SSSR count). The van der Waals surface area contributed by atoms with E-state index in [4.69, 9.17) is 0 Å². The number of fused-ring (bicyclic) bond motifs is 1. The van der Waals surface area contributed by atoms with Gasteiger partial charge in [0.1, 0.15) is 12.1 Å². The molecular formula is C21H20N4O3S. The predicted octanol–water partition coefficient (Wildman–Crippen LogP) is 2.42. The summed E-state index contributed by atoms with van der Waals surface area (Å²) in [6.07, 6.45) is 2.32. The number of nitrogens with zero attached hydrogens (tertiary/aromatic N) is 2. The zero-order chi connectivity index (χ0) is 20.4. The molecule has 1 atom stereocenters. The molecule has 8 heteroatoms. The number of carbonyl (C=O) groups is 3. The van der Waals surface area contributed by atoms with Crippen molar-refractivity contribution in [3.63, 3.8) is 0 Å². The first-order chi connectivity index (χ1) is 14.0. The standard InChI is InChI=1S/C21H20N4O3S/c1-21(16-7-6-14-4-2-3-5-15(14)12-16)19(27)25(20(28)24-21)13-17(26)22-9-8-18-23-10-11-29-18/h2-7,10-12H,8-9,13H2,1H3,(H,22,26)(H,24,28). The Morgan fingerprint density at radius 2 is 2.00 bits per heavy atom. The molecule has 1 aromatic heterocycles. The van der Waals surface area contributed by atoms with Crippen LogP contribution in [0.25, 0.3) is 10.8 Å². The van der Waals surface area contributed by atoms with Crippen LogP contribution < -0.4 is 10.6 Å². The highest BCUT2D eigenvalue weighted by Gasteiger charge is 2.49. The predicted molar refractivity (Wildman–Crippen MR) is 110 cm³/mol. The largest absolute Gasteiger partial charge is 0.354 e. The fourth-order valence-corrected chi connectivity index (χ4v) is 4.04. The Labute approximate surface area is 171 Å². The van der Waals surface area contributed by atoms with E-state index >= 15 is 0 Å². The summed E-state index contributed by atoms with van der Waals surface area (Å²) in [7, 11) is 0. The molecule has 1 fully saturated rings. The molecule has 4 amide bonds. The molecule has 0 radical (unpaired) electrons. The van der Waals surface area contributed by atoms with Crippen LogP contribution in [0, 0.1) is 0 Å². The number of hydrogen-bond acceptors (Lipinski definition) is 5. The molecule has 1 aliphatic rings. The lowest BCUT2D eigenvalue weighted by Gasteiger charge is -2.22. The number of thiazole rings is 1. The molecule has 1 unspecified atom stereocenters. The molecule has 2 N–H and O–H groups in total. The van der Waals surface area contributed by atoms with E-state index in [-0.39, 0.29) is 12.5 Å². The number of urea groups is 1. The van der Waals surface area contributed by atoms with Crippen molar-refractivity contribution in [2.75, 3.05) is 13.1 Å². The number of rotatable bonds is 6. The normalized spacial score (nSPS) is 18.9. The fourth-order valence-electron chi connectivity index (χ4n) is 3.42. The van der Waals surface area contributed by atoms with Gasteiger partial charge in [0.2, 0.25) is 5.91 Å². The second-order valence-corrected chi connectivity index (χ2v) is 8.01. The quantitative estimate of drug-likeness (QED) is 0.613. The minimum absolute atomic E-state index is 0.314. The monoisotopic (exact) mass is 408 g/mol. The summed E-state index contributed by atoms with van der Waals surface area (Å²) in [6, 6.07) is 12.9. The molecule has 3 aromatic rings. The maximum absolute atomic E-state index is 13.0. The van der Waals surface area contributed by atoms with Gasteiger partial charge >= 0.3 is 6.03 Å². The Morgan fingerprint density at radius 3 is 2.76 bits per heavy atom. The SMILES string of the molecule is CC1(c2ccc3ccccc3c2)NC(=O)N(CC(=O)NCCc2nccs2)C1=O. The van der Waals surface area contributed by atoms with Crippen LogP contribution in [0.5, 0.6) is 0 Å². The van der Waals surface area contributed by atoms with E-state index < -0.39 is 17.5 Å². The molecular weight excluding hydrogens is 388 g/mol. The Balaban J connectivity index is 1.45. The topological polar surface area (TPSA) is 91.4 Å². The lowest BCUT2D eigenvalue weighted by atomic mass is 9.90. The molecule has 0 aliphatic carbocycles. The zero-order valence-electron chi connectivity index (χ0n) is 15.8. The molecule has 29 heavy (non-hydrogen) atoms. The van der Waals surface area contributed by atoms with E-state index in [1.54, 1.807) is 13.1 Å². The maximum atomic E-state index is 13.0. The van der Waals surface area contributed by atoms with Gasteiger partial charge in [0.05, 0.1) is 5.01 Å². The number of aromatic nitrogens is 1. The Bertz CT molecular complexity index is 1080. The van der Waals surface area contributed by atoms with E-state index in [0.717, 1.165) is 20.7 Å². The molecule has 1 aliphatic heterocycles. The fraction of sp³-hybridized carbons (Fsp3) is 0.238. The van der Waals surface area contributed by atoms with Gasteiger partial charge in [-0.15, -0.1) is 11.3 Å². The van der Waals surface area contributed by atoms with E-state index in [0.29, 0.717) is 18.5 Å². The first kappa shape index (κ1) is 19.1. The molecule has 2 aromatic carbocycles. The van der Waals surface area contributed by atoms with Crippen LogP contribution in [-0.2, 0) is 21.5 Å². The summed E-state index contributed by atoms with van der Waals surface area (Å²) in [5.41, 5.74) is -0.524. The number of carbonyl (C=O) groups excluding carboxylic acids is 3. The molecule has 0 spiro atoms. The van der Waals surface area contributed by atoms with Crippen LogP contribution in [0.15, 0.2) is 54.0 Å². The summed E-state index contributed by atoms with van der Waals surface area (Å²) >= 11 is 1.52. The highest BCUT2D eigenvalue weighted by Crippen LogP contribution is 2.30. The summed E-state index contributed by atoms with van der Waals surface area (Å²) in [4.78, 5) is 42.8. The average molecular weight is 408 g/mol. The first-order valence-corrected chi connectivity index (χ1v) is 10.1. The number of benzene rings is 2. The second kappa shape index (κ2) is 7.63. The van der Waals surface area contributed by atoms with Gasteiger partial charge in [-0.25, -0.2) is 9.78 Å². The van der Waals surface area contributed by atoms with Crippen LogP contribution in [-0.4, -0.2) is 40.8 Å². The smallest absolute Gasteiger partial charge is 0.325 e. The molecule has 0 bridgehead atoms. The summed E-state index contributed by atoms with van der Waals surface area (Å²) < 4.78 is 0. The minimum Gasteiger partial charge on any atom is -0.354 e. The number of imide groups is 1. The van der Waals surface area contributed by atoms with E-state index in [1.807, 2.05) is 47.8 Å². The van der Waals surface area contributed by atoms with Gasteiger partial charge in [0.25, 0.3) is 5.91 Å². The Morgan fingerprint density at radius 1 is 1.21 bits per heavy atom. The lowest BCUT2D eigenvalue weighted by molar-refractivity contribution is -0.134. The van der Waals surface area contributed by atoms with Crippen LogP contribution in [0.1, 0.15) is 17.5 Å². The third-order valence-corrected chi connectivity index (χ3v) is 5.89. The van der Waals surface area contributed by atoms with Crippen molar-refractivity contribution in [2.24, 2.45) is 0 Å². The van der Waals surface area contributed by atoms with Crippen molar-refractivity contribution in [3.05, 3.63) is 64.6 Å². The summed E-state index contributed by atoms with van der Waals surface area (Å²) in [5, 5.41) is 10.3. The van der Waals surface area contributed by atoms with Gasteiger partial charge < -0.3 is 10.6 Å². The van der Waals surface area contributed by atoms with Crippen molar-refractivity contribution in [1.82, 2.24) is 20.5 Å². The van der Waals surface area contributed by atoms with Crippen LogP contribution in [0.3, 0.4) is 0 Å². The van der Waals surface area contributed by atoms with Gasteiger partial charge in [-0.3, -0.25) is 14.5 Å². The molecule has 148 valence electrons. The third-order valence-electron chi connectivity index (χ3n) is 5.05. The van der Waals surface area contributed by atoms with Crippen LogP contribution >= 0.6 is 11.3 Å². The maximum Gasteiger partial charge on any atom is 0.325 e. The van der Waals surface area contributed by atoms with E-state index in [1.165, 1.54) is 11.3 Å². The third kappa shape index (κ3) is 3.71. The van der Waals surface area contributed by atoms with Gasteiger partial charge in [0, 0.05) is 24.5 Å². The van der Waals surface area contributed by atoms with Crippen molar-refractivity contribution in [3.8, 4) is 0 Å². The molecule has 7 nitrogen and oxygen atoms in total. The Hall–Kier alpha value is -3.26. The highest BCUT2D eigenvalue weighted by atomic mass is 32.1. The van der Waals surface area contributed by atoms with Crippen LogP contribution in [0.2, 0.25) is 0 Å². The van der Waals surface area contributed by atoms with Gasteiger partial charge in [-0.1, -0.05) is 36.4 Å². The molecule has 2 heterocycles. The van der Waals surface area contributed by atoms with Gasteiger partial charge in [-0.05, 0) is 29.3 Å².